The Balaban J connectivity index is 2.51. The lowest BCUT2D eigenvalue weighted by Gasteiger charge is -2.14. The molecule has 0 unspecified atom stereocenters. The Morgan fingerprint density at radius 1 is 1.50 bits per heavy atom. The highest BCUT2D eigenvalue weighted by atomic mass is 35.5. The lowest BCUT2D eigenvalue weighted by Crippen LogP contribution is -2.36. The van der Waals surface area contributed by atoms with Crippen molar-refractivity contribution >= 4 is 17.6 Å². The molecule has 16 heavy (non-hydrogen) atoms. The van der Waals surface area contributed by atoms with Gasteiger partial charge in [-0.15, -0.1) is 6.58 Å². The van der Waals surface area contributed by atoms with Gasteiger partial charge in [0.1, 0.15) is 0 Å². The van der Waals surface area contributed by atoms with E-state index in [1.165, 1.54) is 0 Å². The topological polar surface area (TPSA) is 41.1 Å². The van der Waals surface area contributed by atoms with Crippen molar-refractivity contribution in [1.29, 1.82) is 0 Å². The standard InChI is InChI=1S/C12H15ClN2O/c1-3-8-14-12(16)15-9(2)10-4-6-11(13)7-5-10/h3-7,9H,1,8H2,2H3,(H2,14,15,16)/t9-/m1/s1. The van der Waals surface area contributed by atoms with Crippen molar-refractivity contribution < 1.29 is 4.79 Å². The highest BCUT2D eigenvalue weighted by Crippen LogP contribution is 2.15. The van der Waals surface area contributed by atoms with Gasteiger partial charge in [-0.1, -0.05) is 29.8 Å². The lowest BCUT2D eigenvalue weighted by atomic mass is 10.1. The summed E-state index contributed by atoms with van der Waals surface area (Å²) in [4.78, 5) is 11.4. The van der Waals surface area contributed by atoms with Crippen LogP contribution in [0.5, 0.6) is 0 Å². The van der Waals surface area contributed by atoms with Crippen LogP contribution in [-0.2, 0) is 0 Å². The Morgan fingerprint density at radius 2 is 2.12 bits per heavy atom. The van der Waals surface area contributed by atoms with E-state index in [1.807, 2.05) is 19.1 Å². The van der Waals surface area contributed by atoms with Gasteiger partial charge in [0.15, 0.2) is 0 Å². The van der Waals surface area contributed by atoms with Crippen molar-refractivity contribution in [1.82, 2.24) is 10.6 Å². The number of urea groups is 1. The van der Waals surface area contributed by atoms with Crippen molar-refractivity contribution in [2.45, 2.75) is 13.0 Å². The SMILES string of the molecule is C=CCNC(=O)N[C@H](C)c1ccc(Cl)cc1. The number of nitrogens with one attached hydrogen (secondary N) is 2. The molecule has 0 aromatic heterocycles. The molecule has 1 atom stereocenters. The van der Waals surface area contributed by atoms with Crippen LogP contribution in [-0.4, -0.2) is 12.6 Å². The Bertz CT molecular complexity index is 362. The molecule has 3 nitrogen and oxygen atoms in total. The quantitative estimate of drug-likeness (QED) is 0.779. The van der Waals surface area contributed by atoms with Gasteiger partial charge in [0.2, 0.25) is 0 Å². The average molecular weight is 239 g/mol. The first-order valence-electron chi connectivity index (χ1n) is 5.04. The Kier molecular flexibility index (Phi) is 4.86. The number of amides is 2. The summed E-state index contributed by atoms with van der Waals surface area (Å²) >= 11 is 5.78. The molecule has 4 heteroatoms. The van der Waals surface area contributed by atoms with Crippen LogP contribution >= 0.6 is 11.6 Å². The highest BCUT2D eigenvalue weighted by Gasteiger charge is 2.07. The molecule has 0 saturated heterocycles. The normalized spacial score (nSPS) is 11.6. The van der Waals surface area contributed by atoms with E-state index in [0.29, 0.717) is 11.6 Å². The van der Waals surface area contributed by atoms with Gasteiger partial charge in [-0.05, 0) is 24.6 Å². The van der Waals surface area contributed by atoms with E-state index >= 15 is 0 Å². The van der Waals surface area contributed by atoms with Gasteiger partial charge in [-0.25, -0.2) is 4.79 Å². The number of hydrogen-bond donors (Lipinski definition) is 2. The minimum atomic E-state index is -0.206. The molecule has 0 aliphatic heterocycles. The Hall–Kier alpha value is -1.48. The van der Waals surface area contributed by atoms with E-state index in [4.69, 9.17) is 11.6 Å². The molecule has 0 saturated carbocycles. The van der Waals surface area contributed by atoms with E-state index < -0.39 is 0 Å². The average Bonchev–Trinajstić information content (AvgIpc) is 2.27. The minimum absolute atomic E-state index is 0.0536. The third-order valence-electron chi connectivity index (χ3n) is 2.12. The molecule has 0 heterocycles. The fourth-order valence-electron chi connectivity index (χ4n) is 1.25. The third kappa shape index (κ3) is 3.95. The van der Waals surface area contributed by atoms with Gasteiger partial charge in [-0.2, -0.15) is 0 Å². The van der Waals surface area contributed by atoms with E-state index in [9.17, 15) is 4.79 Å². The summed E-state index contributed by atoms with van der Waals surface area (Å²) in [6.45, 7) is 5.89. The first-order chi connectivity index (χ1) is 7.63. The summed E-state index contributed by atoms with van der Waals surface area (Å²) in [5.41, 5.74) is 1.01. The van der Waals surface area contributed by atoms with Gasteiger partial charge in [-0.3, -0.25) is 0 Å². The van der Waals surface area contributed by atoms with E-state index in [0.717, 1.165) is 5.56 Å². The predicted molar refractivity (Wildman–Crippen MR) is 66.6 cm³/mol. The van der Waals surface area contributed by atoms with Crippen LogP contribution in [0.25, 0.3) is 0 Å². The molecule has 0 aliphatic carbocycles. The Morgan fingerprint density at radius 3 is 2.69 bits per heavy atom. The summed E-state index contributed by atoms with van der Waals surface area (Å²) in [6, 6.07) is 7.12. The van der Waals surface area contributed by atoms with Gasteiger partial charge < -0.3 is 10.6 Å². The summed E-state index contributed by atoms with van der Waals surface area (Å²) < 4.78 is 0. The van der Waals surface area contributed by atoms with Crippen molar-refractivity contribution in [3.63, 3.8) is 0 Å². The molecule has 1 aromatic rings. The summed E-state index contributed by atoms with van der Waals surface area (Å²) in [6.07, 6.45) is 1.63. The molecule has 0 fully saturated rings. The third-order valence-corrected chi connectivity index (χ3v) is 2.38. The first-order valence-corrected chi connectivity index (χ1v) is 5.42. The van der Waals surface area contributed by atoms with Crippen LogP contribution in [0.15, 0.2) is 36.9 Å². The molecule has 86 valence electrons. The van der Waals surface area contributed by atoms with Crippen molar-refractivity contribution in [2.24, 2.45) is 0 Å². The molecular weight excluding hydrogens is 224 g/mol. The van der Waals surface area contributed by atoms with Gasteiger partial charge in [0, 0.05) is 11.6 Å². The largest absolute Gasteiger partial charge is 0.335 e. The van der Waals surface area contributed by atoms with Crippen molar-refractivity contribution in [3.05, 3.63) is 47.5 Å². The van der Waals surface area contributed by atoms with Gasteiger partial charge in [0.05, 0.1) is 6.04 Å². The van der Waals surface area contributed by atoms with Crippen LogP contribution in [0.4, 0.5) is 4.79 Å². The molecule has 1 rings (SSSR count). The maximum absolute atomic E-state index is 11.4. The molecule has 0 spiro atoms. The van der Waals surface area contributed by atoms with Crippen LogP contribution in [0.3, 0.4) is 0 Å². The summed E-state index contributed by atoms with van der Waals surface area (Å²) in [5.74, 6) is 0. The molecular formula is C12H15ClN2O. The number of hydrogen-bond acceptors (Lipinski definition) is 1. The van der Waals surface area contributed by atoms with Crippen LogP contribution in [0.2, 0.25) is 5.02 Å². The van der Waals surface area contributed by atoms with Crippen LogP contribution in [0, 0.1) is 0 Å². The molecule has 0 radical (unpaired) electrons. The van der Waals surface area contributed by atoms with Crippen molar-refractivity contribution in [2.75, 3.05) is 6.54 Å². The maximum atomic E-state index is 11.4. The molecule has 1 aromatic carbocycles. The predicted octanol–water partition coefficient (Wildman–Crippen LogP) is 2.89. The van der Waals surface area contributed by atoms with Crippen molar-refractivity contribution in [3.8, 4) is 0 Å². The Labute approximate surface area is 100 Å². The number of halogens is 1. The van der Waals surface area contributed by atoms with Crippen LogP contribution < -0.4 is 10.6 Å². The lowest BCUT2D eigenvalue weighted by molar-refractivity contribution is 0.239. The van der Waals surface area contributed by atoms with E-state index in [2.05, 4.69) is 17.2 Å². The summed E-state index contributed by atoms with van der Waals surface area (Å²) in [7, 11) is 0. The molecule has 2 N–H and O–H groups in total. The summed E-state index contributed by atoms with van der Waals surface area (Å²) in [5, 5.41) is 6.15. The molecule has 0 aliphatic rings. The zero-order valence-corrected chi connectivity index (χ0v) is 9.92. The second-order valence-corrected chi connectivity index (χ2v) is 3.85. The highest BCUT2D eigenvalue weighted by molar-refractivity contribution is 6.30. The number of benzene rings is 1. The van der Waals surface area contributed by atoms with Gasteiger partial charge in [0.25, 0.3) is 0 Å². The maximum Gasteiger partial charge on any atom is 0.315 e. The van der Waals surface area contributed by atoms with E-state index in [1.54, 1.807) is 18.2 Å². The second-order valence-electron chi connectivity index (χ2n) is 3.42. The smallest absolute Gasteiger partial charge is 0.315 e. The zero-order chi connectivity index (χ0) is 12.0. The van der Waals surface area contributed by atoms with Crippen LogP contribution in [0.1, 0.15) is 18.5 Å². The van der Waals surface area contributed by atoms with Gasteiger partial charge >= 0.3 is 6.03 Å². The van der Waals surface area contributed by atoms with E-state index in [-0.39, 0.29) is 12.1 Å². The minimum Gasteiger partial charge on any atom is -0.335 e. The fourth-order valence-corrected chi connectivity index (χ4v) is 1.37. The molecule has 2 amide bonds. The fraction of sp³-hybridized carbons (Fsp3) is 0.250. The number of carbonyl (C=O) groups excluding carboxylic acids is 1. The number of carbonyl (C=O) groups is 1. The number of rotatable bonds is 4. The first kappa shape index (κ1) is 12.6. The second kappa shape index (κ2) is 6.18. The molecule has 0 bridgehead atoms. The zero-order valence-electron chi connectivity index (χ0n) is 9.16. The monoisotopic (exact) mass is 238 g/mol.